The van der Waals surface area contributed by atoms with Crippen molar-refractivity contribution in [1.82, 2.24) is 5.32 Å². The van der Waals surface area contributed by atoms with Gasteiger partial charge in [-0.1, -0.05) is 33.6 Å². The van der Waals surface area contributed by atoms with Crippen LogP contribution in [0, 0.1) is 11.8 Å². The molecular formula is C15H27NO5. The van der Waals surface area contributed by atoms with Crippen LogP contribution < -0.4 is 5.32 Å². The van der Waals surface area contributed by atoms with Crippen LogP contribution in [0.5, 0.6) is 0 Å². The van der Waals surface area contributed by atoms with Gasteiger partial charge in [0, 0.05) is 12.3 Å². The number of amides is 1. The topological polar surface area (TPSA) is 104 Å². The normalized spacial score (nSPS) is 15.0. The van der Waals surface area contributed by atoms with Crippen molar-refractivity contribution in [2.45, 2.75) is 65.3 Å². The Labute approximate surface area is 125 Å². The summed E-state index contributed by atoms with van der Waals surface area (Å²) in [6.45, 7) is 5.60. The molecule has 0 aromatic rings. The summed E-state index contributed by atoms with van der Waals surface area (Å²) in [5.74, 6) is -2.66. The summed E-state index contributed by atoms with van der Waals surface area (Å²) >= 11 is 0. The molecule has 0 aliphatic rings. The first-order chi connectivity index (χ1) is 9.81. The Morgan fingerprint density at radius 3 is 2.19 bits per heavy atom. The molecular weight excluding hydrogens is 274 g/mol. The molecule has 0 saturated heterocycles. The maximum Gasteiger partial charge on any atom is 0.326 e. The minimum atomic E-state index is -1.02. The van der Waals surface area contributed by atoms with Crippen molar-refractivity contribution in [3.05, 3.63) is 0 Å². The molecule has 0 aliphatic carbocycles. The molecule has 122 valence electrons. The van der Waals surface area contributed by atoms with Crippen molar-refractivity contribution in [3.8, 4) is 0 Å². The number of carbonyl (C=O) groups excluding carboxylic acids is 1. The molecule has 0 radical (unpaired) electrons. The summed E-state index contributed by atoms with van der Waals surface area (Å²) in [4.78, 5) is 33.9. The smallest absolute Gasteiger partial charge is 0.326 e. The van der Waals surface area contributed by atoms with Gasteiger partial charge in [0.25, 0.3) is 0 Å². The average Bonchev–Trinajstić information content (AvgIpc) is 2.39. The lowest BCUT2D eigenvalue weighted by Gasteiger charge is -2.21. The van der Waals surface area contributed by atoms with Crippen LogP contribution in [0.1, 0.15) is 59.3 Å². The summed E-state index contributed by atoms with van der Waals surface area (Å²) in [6, 6.07) is -0.860. The predicted molar refractivity (Wildman–Crippen MR) is 78.9 cm³/mol. The van der Waals surface area contributed by atoms with E-state index in [1.165, 1.54) is 0 Å². The van der Waals surface area contributed by atoms with E-state index in [1.807, 2.05) is 13.8 Å². The van der Waals surface area contributed by atoms with Crippen LogP contribution >= 0.6 is 0 Å². The van der Waals surface area contributed by atoms with Crippen molar-refractivity contribution >= 4 is 17.8 Å². The first-order valence-corrected chi connectivity index (χ1v) is 7.56. The highest BCUT2D eigenvalue weighted by Gasteiger charge is 2.25. The fraction of sp³-hybridized carbons (Fsp3) is 0.800. The number of carboxylic acids is 2. The Morgan fingerprint density at radius 2 is 1.76 bits per heavy atom. The van der Waals surface area contributed by atoms with Gasteiger partial charge in [0.1, 0.15) is 6.04 Å². The zero-order valence-electron chi connectivity index (χ0n) is 13.1. The number of carbonyl (C=O) groups is 3. The third-order valence-electron chi connectivity index (χ3n) is 3.53. The van der Waals surface area contributed by atoms with Gasteiger partial charge in [0.15, 0.2) is 0 Å². The Balaban J connectivity index is 4.54. The van der Waals surface area contributed by atoms with E-state index < -0.39 is 18.0 Å². The van der Waals surface area contributed by atoms with Gasteiger partial charge in [0.05, 0.1) is 0 Å². The van der Waals surface area contributed by atoms with E-state index >= 15 is 0 Å². The third-order valence-corrected chi connectivity index (χ3v) is 3.53. The fourth-order valence-corrected chi connectivity index (χ4v) is 2.28. The minimum absolute atomic E-state index is 0.0158. The van der Waals surface area contributed by atoms with Crippen LogP contribution in [0.2, 0.25) is 0 Å². The fourth-order valence-electron chi connectivity index (χ4n) is 2.28. The summed E-state index contributed by atoms with van der Waals surface area (Å²) in [5, 5.41) is 20.4. The van der Waals surface area contributed by atoms with E-state index in [-0.39, 0.29) is 24.2 Å². The van der Waals surface area contributed by atoms with Crippen LogP contribution in [0.25, 0.3) is 0 Å². The first kappa shape index (κ1) is 19.4. The second-order valence-electron chi connectivity index (χ2n) is 5.59. The minimum Gasteiger partial charge on any atom is -0.481 e. The van der Waals surface area contributed by atoms with E-state index in [2.05, 4.69) is 5.32 Å². The number of unbranched alkanes of at least 4 members (excludes halogenated alkanes) is 1. The number of nitrogens with one attached hydrogen (secondary N) is 1. The highest BCUT2D eigenvalue weighted by molar-refractivity contribution is 5.85. The second kappa shape index (κ2) is 10.2. The number of hydrogen-bond acceptors (Lipinski definition) is 3. The molecule has 21 heavy (non-hydrogen) atoms. The molecule has 6 heteroatoms. The monoisotopic (exact) mass is 301 g/mol. The molecule has 0 aliphatic heterocycles. The van der Waals surface area contributed by atoms with Crippen LogP contribution in [0.15, 0.2) is 0 Å². The maximum absolute atomic E-state index is 12.2. The van der Waals surface area contributed by atoms with Gasteiger partial charge in [-0.15, -0.1) is 0 Å². The van der Waals surface area contributed by atoms with Crippen molar-refractivity contribution in [3.63, 3.8) is 0 Å². The number of rotatable bonds is 11. The zero-order valence-corrected chi connectivity index (χ0v) is 13.1. The molecule has 3 N–H and O–H groups in total. The largest absolute Gasteiger partial charge is 0.481 e. The van der Waals surface area contributed by atoms with Gasteiger partial charge < -0.3 is 15.5 Å². The molecule has 1 amide bonds. The molecule has 0 rings (SSSR count). The van der Waals surface area contributed by atoms with E-state index in [4.69, 9.17) is 10.2 Å². The molecule has 0 aromatic heterocycles. The Kier molecular flexibility index (Phi) is 9.41. The van der Waals surface area contributed by atoms with Gasteiger partial charge >= 0.3 is 11.9 Å². The summed E-state index contributed by atoms with van der Waals surface area (Å²) in [6.07, 6.45) is 3.06. The lowest BCUT2D eigenvalue weighted by atomic mass is 9.90. The molecule has 0 saturated carbocycles. The maximum atomic E-state index is 12.2. The van der Waals surface area contributed by atoms with Crippen LogP contribution in [-0.2, 0) is 14.4 Å². The van der Waals surface area contributed by atoms with Gasteiger partial charge in [-0.3, -0.25) is 9.59 Å². The van der Waals surface area contributed by atoms with E-state index in [0.29, 0.717) is 19.3 Å². The van der Waals surface area contributed by atoms with Gasteiger partial charge in [-0.25, -0.2) is 4.79 Å². The highest BCUT2D eigenvalue weighted by atomic mass is 16.4. The summed E-state index contributed by atoms with van der Waals surface area (Å²) < 4.78 is 0. The number of carboxylic acid groups (broad SMARTS) is 2. The SMILES string of the molecule is CCCC[C@H](NC(=O)C(CC)CC(C)CC(=O)O)C(=O)O. The summed E-state index contributed by atoms with van der Waals surface area (Å²) in [7, 11) is 0. The van der Waals surface area contributed by atoms with Crippen LogP contribution in [0.4, 0.5) is 0 Å². The van der Waals surface area contributed by atoms with Crippen molar-refractivity contribution < 1.29 is 24.6 Å². The Hall–Kier alpha value is -1.59. The van der Waals surface area contributed by atoms with E-state index in [0.717, 1.165) is 12.8 Å². The zero-order chi connectivity index (χ0) is 16.4. The molecule has 3 atom stereocenters. The van der Waals surface area contributed by atoms with Crippen molar-refractivity contribution in [2.75, 3.05) is 0 Å². The molecule has 0 heterocycles. The quantitative estimate of drug-likeness (QED) is 0.543. The highest BCUT2D eigenvalue weighted by Crippen LogP contribution is 2.19. The van der Waals surface area contributed by atoms with Gasteiger partial charge in [-0.05, 0) is 25.2 Å². The molecule has 0 aromatic carbocycles. The molecule has 0 spiro atoms. The summed E-state index contributed by atoms with van der Waals surface area (Å²) in [5.41, 5.74) is 0. The number of aliphatic carboxylic acids is 2. The first-order valence-electron chi connectivity index (χ1n) is 7.56. The molecule has 0 bridgehead atoms. The predicted octanol–water partition coefficient (Wildman–Crippen LogP) is 2.27. The molecule has 2 unspecified atom stereocenters. The van der Waals surface area contributed by atoms with Gasteiger partial charge in [-0.2, -0.15) is 0 Å². The van der Waals surface area contributed by atoms with Crippen LogP contribution in [-0.4, -0.2) is 34.1 Å². The lowest BCUT2D eigenvalue weighted by molar-refractivity contribution is -0.142. The van der Waals surface area contributed by atoms with Crippen LogP contribution in [0.3, 0.4) is 0 Å². The second-order valence-corrected chi connectivity index (χ2v) is 5.59. The van der Waals surface area contributed by atoms with E-state index in [9.17, 15) is 14.4 Å². The molecule has 0 fully saturated rings. The Morgan fingerprint density at radius 1 is 1.14 bits per heavy atom. The number of hydrogen-bond donors (Lipinski definition) is 3. The van der Waals surface area contributed by atoms with E-state index in [1.54, 1.807) is 6.92 Å². The van der Waals surface area contributed by atoms with Crippen molar-refractivity contribution in [1.29, 1.82) is 0 Å². The van der Waals surface area contributed by atoms with Gasteiger partial charge in [0.2, 0.25) is 5.91 Å². The Bertz CT molecular complexity index is 356. The lowest BCUT2D eigenvalue weighted by Crippen LogP contribution is -2.43. The standard InChI is InChI=1S/C15H27NO5/c1-4-6-7-12(15(20)21)16-14(19)11(5-2)8-10(3)9-13(17)18/h10-12H,4-9H2,1-3H3,(H,16,19)(H,17,18)(H,20,21)/t10?,11?,12-/m0/s1. The molecule has 6 nitrogen and oxygen atoms in total. The average molecular weight is 301 g/mol. The van der Waals surface area contributed by atoms with Crippen molar-refractivity contribution in [2.24, 2.45) is 11.8 Å². The third kappa shape index (κ3) is 8.32.